The highest BCUT2D eigenvalue weighted by Gasteiger charge is 2.22. The summed E-state index contributed by atoms with van der Waals surface area (Å²) in [6.45, 7) is 4.67. The van der Waals surface area contributed by atoms with Crippen LogP contribution in [0, 0.1) is 0 Å². The van der Waals surface area contributed by atoms with E-state index in [-0.39, 0.29) is 11.9 Å². The van der Waals surface area contributed by atoms with Crippen molar-refractivity contribution >= 4 is 16.8 Å². The van der Waals surface area contributed by atoms with E-state index in [2.05, 4.69) is 48.2 Å². The zero-order chi connectivity index (χ0) is 20.4. The van der Waals surface area contributed by atoms with Gasteiger partial charge in [-0.25, -0.2) is 0 Å². The lowest BCUT2D eigenvalue weighted by molar-refractivity contribution is -0.132. The van der Waals surface area contributed by atoms with Crippen LogP contribution in [0.3, 0.4) is 0 Å². The van der Waals surface area contributed by atoms with E-state index in [0.29, 0.717) is 13.0 Å². The molecule has 0 fully saturated rings. The number of benzene rings is 2. The van der Waals surface area contributed by atoms with E-state index in [1.807, 2.05) is 53.0 Å². The van der Waals surface area contributed by atoms with Gasteiger partial charge in [0.2, 0.25) is 5.91 Å². The fourth-order valence-electron chi connectivity index (χ4n) is 3.78. The van der Waals surface area contributed by atoms with Crippen molar-refractivity contribution in [3.05, 3.63) is 78.1 Å². The number of aromatic amines is 1. The Balaban J connectivity index is 1.70. The van der Waals surface area contributed by atoms with Crippen molar-refractivity contribution in [2.45, 2.75) is 32.9 Å². The molecule has 2 aromatic carbocycles. The molecule has 29 heavy (non-hydrogen) atoms. The maximum Gasteiger partial charge on any atom is 0.227 e. The average Bonchev–Trinajstić information content (AvgIpc) is 3.30. The summed E-state index contributed by atoms with van der Waals surface area (Å²) >= 11 is 0. The second-order valence-corrected chi connectivity index (χ2v) is 7.63. The number of hydrogen-bond acceptors (Lipinski definition) is 2. The number of para-hydroxylation sites is 1. The predicted molar refractivity (Wildman–Crippen MR) is 116 cm³/mol. The largest absolute Gasteiger partial charge is 0.354 e. The lowest BCUT2D eigenvalue weighted by atomic mass is 10.0. The average molecular weight is 386 g/mol. The molecule has 2 aromatic heterocycles. The number of amides is 1. The Morgan fingerprint density at radius 2 is 1.79 bits per heavy atom. The number of nitrogens with zero attached hydrogens (tertiary/aromatic N) is 3. The number of H-pyrrole nitrogens is 1. The second-order valence-electron chi connectivity index (χ2n) is 7.63. The predicted octanol–water partition coefficient (Wildman–Crippen LogP) is 4.55. The third-order valence-corrected chi connectivity index (χ3v) is 5.40. The second kappa shape index (κ2) is 7.95. The van der Waals surface area contributed by atoms with Crippen molar-refractivity contribution in [3.8, 4) is 11.3 Å². The minimum atomic E-state index is 0.0998. The summed E-state index contributed by atoms with van der Waals surface area (Å²) in [7, 11) is 1.91. The van der Waals surface area contributed by atoms with Gasteiger partial charge in [-0.05, 0) is 37.1 Å². The van der Waals surface area contributed by atoms with Crippen LogP contribution in [0.5, 0.6) is 0 Å². The minimum absolute atomic E-state index is 0.0998. The molecular weight excluding hydrogens is 360 g/mol. The van der Waals surface area contributed by atoms with Gasteiger partial charge in [-0.1, -0.05) is 48.5 Å². The van der Waals surface area contributed by atoms with Crippen LogP contribution >= 0.6 is 0 Å². The molecule has 4 rings (SSSR count). The monoisotopic (exact) mass is 386 g/mol. The number of carbonyl (C=O) groups is 1. The Morgan fingerprint density at radius 3 is 2.48 bits per heavy atom. The van der Waals surface area contributed by atoms with Gasteiger partial charge in [0.1, 0.15) is 0 Å². The summed E-state index contributed by atoms with van der Waals surface area (Å²) in [6, 6.07) is 20.5. The van der Waals surface area contributed by atoms with Gasteiger partial charge in [0.15, 0.2) is 0 Å². The van der Waals surface area contributed by atoms with Gasteiger partial charge in [-0.3, -0.25) is 9.48 Å². The summed E-state index contributed by atoms with van der Waals surface area (Å²) in [5.41, 5.74) is 5.23. The maximum absolute atomic E-state index is 13.4. The smallest absolute Gasteiger partial charge is 0.227 e. The highest BCUT2D eigenvalue weighted by Crippen LogP contribution is 2.31. The number of hydrogen-bond donors (Lipinski definition) is 1. The van der Waals surface area contributed by atoms with Crippen LogP contribution in [0.1, 0.15) is 25.1 Å². The molecule has 0 saturated carbocycles. The third kappa shape index (κ3) is 3.81. The van der Waals surface area contributed by atoms with E-state index in [4.69, 9.17) is 0 Å². The molecule has 0 aliphatic heterocycles. The lowest BCUT2D eigenvalue weighted by Crippen LogP contribution is -2.38. The van der Waals surface area contributed by atoms with E-state index in [1.54, 1.807) is 6.20 Å². The van der Waals surface area contributed by atoms with E-state index >= 15 is 0 Å². The zero-order valence-corrected chi connectivity index (χ0v) is 17.1. The van der Waals surface area contributed by atoms with Crippen molar-refractivity contribution in [3.63, 3.8) is 0 Å². The lowest BCUT2D eigenvalue weighted by Gasteiger charge is -2.27. The van der Waals surface area contributed by atoms with Crippen LogP contribution in [0.4, 0.5) is 0 Å². The molecule has 0 bridgehead atoms. The van der Waals surface area contributed by atoms with E-state index in [0.717, 1.165) is 33.4 Å². The highest BCUT2D eigenvalue weighted by molar-refractivity contribution is 5.95. The molecule has 148 valence electrons. The minimum Gasteiger partial charge on any atom is -0.354 e. The van der Waals surface area contributed by atoms with Gasteiger partial charge in [0, 0.05) is 30.2 Å². The molecular formula is C24H26N4O. The summed E-state index contributed by atoms with van der Waals surface area (Å²) < 4.78 is 1.82. The normalized spacial score (nSPS) is 11.3. The summed E-state index contributed by atoms with van der Waals surface area (Å²) in [5.74, 6) is 0.114. The summed E-state index contributed by atoms with van der Waals surface area (Å²) in [4.78, 5) is 18.8. The molecule has 4 aromatic rings. The molecule has 1 amide bonds. The molecule has 5 nitrogen and oxygen atoms in total. The van der Waals surface area contributed by atoms with Crippen LogP contribution in [0.2, 0.25) is 0 Å². The molecule has 0 spiro atoms. The van der Waals surface area contributed by atoms with Gasteiger partial charge < -0.3 is 9.88 Å². The van der Waals surface area contributed by atoms with Crippen LogP contribution in [0.25, 0.3) is 22.2 Å². The number of aryl methyl sites for hydroxylation is 1. The summed E-state index contributed by atoms with van der Waals surface area (Å²) in [6.07, 6.45) is 2.12. The first kappa shape index (κ1) is 19.0. The van der Waals surface area contributed by atoms with Crippen molar-refractivity contribution in [2.24, 2.45) is 7.05 Å². The zero-order valence-electron chi connectivity index (χ0n) is 17.1. The Morgan fingerprint density at radius 1 is 1.07 bits per heavy atom. The van der Waals surface area contributed by atoms with Gasteiger partial charge in [-0.15, -0.1) is 0 Å². The summed E-state index contributed by atoms with van der Waals surface area (Å²) in [5, 5.41) is 5.33. The first-order valence-electron chi connectivity index (χ1n) is 9.96. The topological polar surface area (TPSA) is 53.9 Å². The van der Waals surface area contributed by atoms with E-state index in [9.17, 15) is 4.79 Å². The number of carbonyl (C=O) groups excluding carboxylic acids is 1. The van der Waals surface area contributed by atoms with Crippen molar-refractivity contribution < 1.29 is 4.79 Å². The molecule has 0 radical (unpaired) electrons. The SMILES string of the molecule is CC(C)N(Cc1ccnn1C)C(=O)Cc1c(-c2ccccc2)[nH]c2ccccc12. The Kier molecular flexibility index (Phi) is 5.21. The van der Waals surface area contributed by atoms with Crippen molar-refractivity contribution in [1.82, 2.24) is 19.7 Å². The van der Waals surface area contributed by atoms with Crippen LogP contribution in [-0.2, 0) is 24.8 Å². The molecule has 1 N–H and O–H groups in total. The molecule has 0 unspecified atom stereocenters. The Bertz CT molecular complexity index is 1120. The molecule has 2 heterocycles. The quantitative estimate of drug-likeness (QED) is 0.529. The highest BCUT2D eigenvalue weighted by atomic mass is 16.2. The van der Waals surface area contributed by atoms with Crippen molar-refractivity contribution in [1.29, 1.82) is 0 Å². The van der Waals surface area contributed by atoms with E-state index < -0.39 is 0 Å². The first-order chi connectivity index (χ1) is 14.0. The van der Waals surface area contributed by atoms with Gasteiger partial charge in [0.05, 0.1) is 24.4 Å². The van der Waals surface area contributed by atoms with Crippen LogP contribution in [-0.4, -0.2) is 31.6 Å². The standard InChI is InChI=1S/C24H26N4O/c1-17(2)28(16-19-13-14-25-27(19)3)23(29)15-21-20-11-7-8-12-22(20)26-24(21)18-9-5-4-6-10-18/h4-14,17,26H,15-16H2,1-3H3. The van der Waals surface area contributed by atoms with Crippen LogP contribution in [0.15, 0.2) is 66.9 Å². The fourth-order valence-corrected chi connectivity index (χ4v) is 3.78. The van der Waals surface area contributed by atoms with E-state index in [1.165, 1.54) is 0 Å². The Hall–Kier alpha value is -3.34. The van der Waals surface area contributed by atoms with Gasteiger partial charge >= 0.3 is 0 Å². The first-order valence-corrected chi connectivity index (χ1v) is 9.96. The Labute approximate surface area is 171 Å². The maximum atomic E-state index is 13.4. The number of rotatable bonds is 6. The van der Waals surface area contributed by atoms with Crippen molar-refractivity contribution in [2.75, 3.05) is 0 Å². The van der Waals surface area contributed by atoms with Gasteiger partial charge in [-0.2, -0.15) is 5.10 Å². The van der Waals surface area contributed by atoms with Gasteiger partial charge in [0.25, 0.3) is 0 Å². The molecule has 5 heteroatoms. The van der Waals surface area contributed by atoms with Crippen LogP contribution < -0.4 is 0 Å². The number of fused-ring (bicyclic) bond motifs is 1. The number of nitrogens with one attached hydrogen (secondary N) is 1. The number of aromatic nitrogens is 3. The molecule has 0 atom stereocenters. The molecule has 0 saturated heterocycles. The fraction of sp³-hybridized carbons (Fsp3) is 0.250. The molecule has 0 aliphatic rings. The molecule has 0 aliphatic carbocycles. The third-order valence-electron chi connectivity index (χ3n) is 5.40.